The number of furan rings is 1. The molecule has 0 radical (unpaired) electrons. The van der Waals surface area contributed by atoms with Crippen molar-refractivity contribution >= 4 is 33.5 Å². The van der Waals surface area contributed by atoms with Crippen LogP contribution in [0.25, 0.3) is 0 Å². The fraction of sp³-hybridized carbons (Fsp3) is 0.211. The standard InChI is InChI=1S/C19H18BrNO2S/c1-13-10-18(14(2)21(13)11-16-4-3-9-23-16)19(22)12-24-17-7-5-15(20)6-8-17/h3-10H,11-12H2,1-2H3. The van der Waals surface area contributed by atoms with E-state index in [0.717, 1.165) is 32.1 Å². The zero-order valence-electron chi connectivity index (χ0n) is 13.6. The van der Waals surface area contributed by atoms with Gasteiger partial charge in [0.2, 0.25) is 0 Å². The maximum absolute atomic E-state index is 12.6. The first kappa shape index (κ1) is 17.1. The van der Waals surface area contributed by atoms with E-state index in [-0.39, 0.29) is 5.78 Å². The molecule has 0 aliphatic heterocycles. The molecule has 1 aromatic carbocycles. The van der Waals surface area contributed by atoms with Gasteiger partial charge in [-0.15, -0.1) is 11.8 Å². The summed E-state index contributed by atoms with van der Waals surface area (Å²) >= 11 is 4.98. The minimum atomic E-state index is 0.154. The number of Topliss-reactive ketones (excluding diaryl/α,β-unsaturated/α-hetero) is 1. The molecule has 2 heterocycles. The number of rotatable bonds is 6. The van der Waals surface area contributed by atoms with Crippen LogP contribution in [0.1, 0.15) is 27.5 Å². The fourth-order valence-electron chi connectivity index (χ4n) is 2.64. The average Bonchev–Trinajstić information content (AvgIpc) is 3.18. The Morgan fingerprint density at radius 1 is 1.21 bits per heavy atom. The van der Waals surface area contributed by atoms with Gasteiger partial charge in [0, 0.05) is 26.3 Å². The highest BCUT2D eigenvalue weighted by molar-refractivity contribution is 9.10. The number of aromatic nitrogens is 1. The number of ketones is 1. The molecule has 0 atom stereocenters. The molecule has 0 unspecified atom stereocenters. The lowest BCUT2D eigenvalue weighted by Crippen LogP contribution is -2.07. The van der Waals surface area contributed by atoms with Gasteiger partial charge in [-0.25, -0.2) is 0 Å². The summed E-state index contributed by atoms with van der Waals surface area (Å²) in [4.78, 5) is 13.7. The lowest BCUT2D eigenvalue weighted by molar-refractivity contribution is 0.102. The van der Waals surface area contributed by atoms with Gasteiger partial charge in [-0.1, -0.05) is 15.9 Å². The van der Waals surface area contributed by atoms with Crippen LogP contribution in [0.2, 0.25) is 0 Å². The highest BCUT2D eigenvalue weighted by atomic mass is 79.9. The molecule has 0 spiro atoms. The molecule has 0 N–H and O–H groups in total. The van der Waals surface area contributed by atoms with Crippen LogP contribution in [-0.4, -0.2) is 16.1 Å². The van der Waals surface area contributed by atoms with Crippen LogP contribution in [0, 0.1) is 13.8 Å². The Morgan fingerprint density at radius 3 is 2.62 bits per heavy atom. The van der Waals surface area contributed by atoms with E-state index in [0.29, 0.717) is 12.3 Å². The van der Waals surface area contributed by atoms with Gasteiger partial charge in [0.15, 0.2) is 5.78 Å². The van der Waals surface area contributed by atoms with Gasteiger partial charge in [-0.2, -0.15) is 0 Å². The van der Waals surface area contributed by atoms with Crippen LogP contribution in [-0.2, 0) is 6.54 Å². The Balaban J connectivity index is 1.72. The van der Waals surface area contributed by atoms with Gasteiger partial charge in [0.1, 0.15) is 5.76 Å². The molecule has 0 aliphatic carbocycles. The minimum absolute atomic E-state index is 0.154. The third kappa shape index (κ3) is 3.84. The topological polar surface area (TPSA) is 35.1 Å². The molecule has 0 saturated carbocycles. The van der Waals surface area contributed by atoms with Gasteiger partial charge < -0.3 is 8.98 Å². The van der Waals surface area contributed by atoms with Crippen LogP contribution < -0.4 is 0 Å². The summed E-state index contributed by atoms with van der Waals surface area (Å²) in [6.07, 6.45) is 1.67. The van der Waals surface area contributed by atoms with E-state index in [2.05, 4.69) is 20.5 Å². The van der Waals surface area contributed by atoms with Crippen molar-refractivity contribution in [1.29, 1.82) is 0 Å². The number of carbonyl (C=O) groups excluding carboxylic acids is 1. The van der Waals surface area contributed by atoms with E-state index in [4.69, 9.17) is 4.42 Å². The van der Waals surface area contributed by atoms with Crippen molar-refractivity contribution in [2.75, 3.05) is 5.75 Å². The molecule has 24 heavy (non-hydrogen) atoms. The van der Waals surface area contributed by atoms with Gasteiger partial charge in [-0.05, 0) is 56.3 Å². The summed E-state index contributed by atoms with van der Waals surface area (Å²) in [5.74, 6) is 1.48. The number of aryl methyl sites for hydroxylation is 1. The maximum Gasteiger partial charge on any atom is 0.174 e. The number of halogens is 1. The normalized spacial score (nSPS) is 11.0. The molecule has 3 rings (SSSR count). The summed E-state index contributed by atoms with van der Waals surface area (Å²) in [6.45, 7) is 4.67. The van der Waals surface area contributed by atoms with Crippen LogP contribution in [0.15, 0.2) is 62.5 Å². The smallest absolute Gasteiger partial charge is 0.174 e. The highest BCUT2D eigenvalue weighted by Crippen LogP contribution is 2.24. The van der Waals surface area contributed by atoms with Crippen molar-refractivity contribution in [3.8, 4) is 0 Å². The van der Waals surface area contributed by atoms with E-state index >= 15 is 0 Å². The first-order valence-corrected chi connectivity index (χ1v) is 9.43. The van der Waals surface area contributed by atoms with E-state index in [1.807, 2.05) is 56.3 Å². The largest absolute Gasteiger partial charge is 0.467 e. The Hall–Kier alpha value is -1.72. The number of hydrogen-bond acceptors (Lipinski definition) is 3. The number of benzene rings is 1. The van der Waals surface area contributed by atoms with Crippen molar-refractivity contribution in [2.45, 2.75) is 25.3 Å². The molecule has 0 amide bonds. The quantitative estimate of drug-likeness (QED) is 0.403. The second-order valence-corrected chi connectivity index (χ2v) is 7.58. The second kappa shape index (κ2) is 7.45. The van der Waals surface area contributed by atoms with Crippen LogP contribution in [0.4, 0.5) is 0 Å². The van der Waals surface area contributed by atoms with E-state index in [1.54, 1.807) is 18.0 Å². The van der Waals surface area contributed by atoms with Gasteiger partial charge in [0.25, 0.3) is 0 Å². The summed E-state index contributed by atoms with van der Waals surface area (Å²) in [6, 6.07) is 13.8. The molecular formula is C19H18BrNO2S. The average molecular weight is 404 g/mol. The molecule has 0 aliphatic rings. The zero-order valence-corrected chi connectivity index (χ0v) is 16.0. The number of carbonyl (C=O) groups is 1. The highest BCUT2D eigenvalue weighted by Gasteiger charge is 2.16. The molecule has 0 fully saturated rings. The molecular weight excluding hydrogens is 386 g/mol. The Labute approximate surface area is 154 Å². The third-order valence-electron chi connectivity index (χ3n) is 3.95. The first-order valence-electron chi connectivity index (χ1n) is 7.65. The van der Waals surface area contributed by atoms with E-state index in [1.165, 1.54) is 0 Å². The Kier molecular flexibility index (Phi) is 5.31. The summed E-state index contributed by atoms with van der Waals surface area (Å²) in [7, 11) is 0. The van der Waals surface area contributed by atoms with Crippen LogP contribution in [0.3, 0.4) is 0 Å². The molecule has 0 saturated heterocycles. The molecule has 2 aromatic heterocycles. The number of nitrogens with zero attached hydrogens (tertiary/aromatic N) is 1. The molecule has 3 aromatic rings. The molecule has 5 heteroatoms. The van der Waals surface area contributed by atoms with Crippen molar-refractivity contribution in [1.82, 2.24) is 4.57 Å². The van der Waals surface area contributed by atoms with Gasteiger partial charge >= 0.3 is 0 Å². The number of thioether (sulfide) groups is 1. The Bertz CT molecular complexity index is 835. The van der Waals surface area contributed by atoms with Crippen molar-refractivity contribution < 1.29 is 9.21 Å². The van der Waals surface area contributed by atoms with Crippen LogP contribution >= 0.6 is 27.7 Å². The SMILES string of the molecule is Cc1cc(C(=O)CSc2ccc(Br)cc2)c(C)n1Cc1ccco1. The first-order chi connectivity index (χ1) is 11.5. The molecule has 124 valence electrons. The van der Waals surface area contributed by atoms with E-state index < -0.39 is 0 Å². The molecule has 3 nitrogen and oxygen atoms in total. The number of hydrogen-bond donors (Lipinski definition) is 0. The monoisotopic (exact) mass is 403 g/mol. The lowest BCUT2D eigenvalue weighted by Gasteiger charge is -2.08. The van der Waals surface area contributed by atoms with Crippen molar-refractivity contribution in [2.24, 2.45) is 0 Å². The van der Waals surface area contributed by atoms with Gasteiger partial charge in [-0.3, -0.25) is 4.79 Å². The van der Waals surface area contributed by atoms with Crippen LogP contribution in [0.5, 0.6) is 0 Å². The summed E-state index contributed by atoms with van der Waals surface area (Å²) < 4.78 is 8.58. The maximum atomic E-state index is 12.6. The minimum Gasteiger partial charge on any atom is -0.467 e. The second-order valence-electron chi connectivity index (χ2n) is 5.62. The van der Waals surface area contributed by atoms with Crippen molar-refractivity contribution in [3.63, 3.8) is 0 Å². The van der Waals surface area contributed by atoms with E-state index in [9.17, 15) is 4.79 Å². The summed E-state index contributed by atoms with van der Waals surface area (Å²) in [5.41, 5.74) is 2.86. The predicted molar refractivity (Wildman–Crippen MR) is 101 cm³/mol. The summed E-state index contributed by atoms with van der Waals surface area (Å²) in [5, 5.41) is 0. The molecule has 0 bridgehead atoms. The van der Waals surface area contributed by atoms with Crippen molar-refractivity contribution in [3.05, 3.63) is 75.9 Å². The van der Waals surface area contributed by atoms with Gasteiger partial charge in [0.05, 0.1) is 18.6 Å². The predicted octanol–water partition coefficient (Wildman–Crippen LogP) is 5.48. The lowest BCUT2D eigenvalue weighted by atomic mass is 10.2. The fourth-order valence-corrected chi connectivity index (χ4v) is 3.69. The zero-order chi connectivity index (χ0) is 17.1. The Morgan fingerprint density at radius 2 is 1.96 bits per heavy atom. The third-order valence-corrected chi connectivity index (χ3v) is 5.49.